The van der Waals surface area contributed by atoms with Gasteiger partial charge in [-0.3, -0.25) is 4.79 Å². The molecule has 0 radical (unpaired) electrons. The minimum absolute atomic E-state index is 0.0261. The average Bonchev–Trinajstić information content (AvgIpc) is 2.65. The van der Waals surface area contributed by atoms with Crippen molar-refractivity contribution in [3.8, 4) is 11.5 Å². The fraction of sp³-hybridized carbons (Fsp3) is 0.286. The van der Waals surface area contributed by atoms with Crippen LogP contribution in [0, 0.1) is 0 Å². The summed E-state index contributed by atoms with van der Waals surface area (Å²) in [6, 6.07) is 14.4. The average molecular weight is 358 g/mol. The van der Waals surface area contributed by atoms with Crippen molar-refractivity contribution in [2.75, 3.05) is 7.11 Å². The number of alkyl halides is 2. The van der Waals surface area contributed by atoms with Crippen LogP contribution in [0.15, 0.2) is 54.1 Å². The lowest BCUT2D eigenvalue weighted by Crippen LogP contribution is -2.19. The molecule has 0 amide bonds. The zero-order valence-electron chi connectivity index (χ0n) is 14.5. The number of carbonyl (C=O) groups is 1. The van der Waals surface area contributed by atoms with Crippen LogP contribution >= 0.6 is 0 Å². The molecule has 0 aliphatic heterocycles. The topological polar surface area (TPSA) is 35.5 Å². The molecule has 1 aliphatic carbocycles. The standard InChI is InChI=1S/C21H20F2O3/c1-25-19-13-14(10-11-18(19)26-21(22)23)12-16-8-5-9-17(20(16)24)15-6-3-2-4-7-15/h2-4,6-7,10-13,17,21H,5,8-9H2,1H3/b16-12+/t17-/m1/s1. The smallest absolute Gasteiger partial charge is 0.387 e. The van der Waals surface area contributed by atoms with Gasteiger partial charge in [0, 0.05) is 5.92 Å². The molecule has 0 spiro atoms. The molecule has 0 aromatic heterocycles. The Labute approximate surface area is 151 Å². The van der Waals surface area contributed by atoms with Crippen molar-refractivity contribution in [2.24, 2.45) is 0 Å². The molecule has 0 heterocycles. The molecule has 1 fully saturated rings. The number of hydrogen-bond acceptors (Lipinski definition) is 3. The van der Waals surface area contributed by atoms with Gasteiger partial charge < -0.3 is 9.47 Å². The van der Waals surface area contributed by atoms with Crippen LogP contribution in [0.3, 0.4) is 0 Å². The normalized spacial score (nSPS) is 19.0. The first-order valence-corrected chi connectivity index (χ1v) is 8.51. The van der Waals surface area contributed by atoms with E-state index in [2.05, 4.69) is 4.74 Å². The number of halogens is 2. The highest BCUT2D eigenvalue weighted by molar-refractivity contribution is 6.04. The van der Waals surface area contributed by atoms with Crippen LogP contribution in [0.1, 0.15) is 36.3 Å². The molecule has 136 valence electrons. The van der Waals surface area contributed by atoms with Gasteiger partial charge in [-0.2, -0.15) is 8.78 Å². The Balaban J connectivity index is 1.86. The molecular formula is C21H20F2O3. The van der Waals surface area contributed by atoms with Crippen LogP contribution in [-0.2, 0) is 4.79 Å². The quantitative estimate of drug-likeness (QED) is 0.688. The molecule has 5 heteroatoms. The first-order valence-electron chi connectivity index (χ1n) is 8.51. The van der Waals surface area contributed by atoms with Crippen LogP contribution in [0.4, 0.5) is 8.78 Å². The minimum atomic E-state index is -2.92. The molecule has 3 rings (SSSR count). The van der Waals surface area contributed by atoms with E-state index in [-0.39, 0.29) is 23.2 Å². The maximum absolute atomic E-state index is 12.9. The van der Waals surface area contributed by atoms with Crippen LogP contribution in [0.2, 0.25) is 0 Å². The highest BCUT2D eigenvalue weighted by Gasteiger charge is 2.27. The van der Waals surface area contributed by atoms with Crippen molar-refractivity contribution in [1.82, 2.24) is 0 Å². The molecule has 2 aromatic carbocycles. The fourth-order valence-corrected chi connectivity index (χ4v) is 3.29. The van der Waals surface area contributed by atoms with E-state index in [1.807, 2.05) is 36.4 Å². The van der Waals surface area contributed by atoms with Crippen LogP contribution in [0.25, 0.3) is 6.08 Å². The molecule has 1 aliphatic rings. The SMILES string of the molecule is COc1cc(/C=C2\CCC[C@H](c3ccccc3)C2=O)ccc1OC(F)F. The summed E-state index contributed by atoms with van der Waals surface area (Å²) in [6.45, 7) is -2.92. The number of methoxy groups -OCH3 is 1. The van der Waals surface area contributed by atoms with Gasteiger partial charge in [0.1, 0.15) is 0 Å². The summed E-state index contributed by atoms with van der Waals surface area (Å²) in [5, 5.41) is 0. The lowest BCUT2D eigenvalue weighted by molar-refractivity contribution is -0.117. The highest BCUT2D eigenvalue weighted by atomic mass is 19.3. The predicted octanol–water partition coefficient (Wildman–Crippen LogP) is 5.22. The highest BCUT2D eigenvalue weighted by Crippen LogP contribution is 2.35. The number of hydrogen-bond donors (Lipinski definition) is 0. The van der Waals surface area contributed by atoms with Gasteiger partial charge in [0.25, 0.3) is 0 Å². The van der Waals surface area contributed by atoms with Crippen molar-refractivity contribution in [3.63, 3.8) is 0 Å². The van der Waals surface area contributed by atoms with E-state index in [9.17, 15) is 13.6 Å². The summed E-state index contributed by atoms with van der Waals surface area (Å²) in [5.74, 6) is 0.179. The fourth-order valence-electron chi connectivity index (χ4n) is 3.29. The van der Waals surface area contributed by atoms with E-state index in [4.69, 9.17) is 4.74 Å². The first-order chi connectivity index (χ1) is 12.6. The van der Waals surface area contributed by atoms with Crippen molar-refractivity contribution in [1.29, 1.82) is 0 Å². The third-order valence-corrected chi connectivity index (χ3v) is 4.52. The van der Waals surface area contributed by atoms with Gasteiger partial charge in [-0.25, -0.2) is 0 Å². The van der Waals surface area contributed by atoms with Crippen LogP contribution in [-0.4, -0.2) is 19.5 Å². The Morgan fingerprint density at radius 1 is 1.12 bits per heavy atom. The van der Waals surface area contributed by atoms with Crippen molar-refractivity contribution in [3.05, 3.63) is 65.2 Å². The van der Waals surface area contributed by atoms with Crippen LogP contribution < -0.4 is 9.47 Å². The molecule has 0 N–H and O–H groups in total. The summed E-state index contributed by atoms with van der Waals surface area (Å²) < 4.78 is 34.4. The van der Waals surface area contributed by atoms with Crippen LogP contribution in [0.5, 0.6) is 11.5 Å². The molecule has 0 saturated heterocycles. The first kappa shape index (κ1) is 18.1. The summed E-state index contributed by atoms with van der Waals surface area (Å²) >= 11 is 0. The third kappa shape index (κ3) is 4.10. The summed E-state index contributed by atoms with van der Waals surface area (Å²) in [4.78, 5) is 12.9. The van der Waals surface area contributed by atoms with Gasteiger partial charge in [-0.15, -0.1) is 0 Å². The summed E-state index contributed by atoms with van der Waals surface area (Å²) in [6.07, 6.45) is 4.29. The lowest BCUT2D eigenvalue weighted by Gasteiger charge is -2.23. The van der Waals surface area contributed by atoms with E-state index in [1.165, 1.54) is 13.2 Å². The van der Waals surface area contributed by atoms with Crippen molar-refractivity contribution >= 4 is 11.9 Å². The van der Waals surface area contributed by atoms with Crippen molar-refractivity contribution < 1.29 is 23.0 Å². The number of rotatable bonds is 5. The number of ketones is 1. The molecule has 26 heavy (non-hydrogen) atoms. The second kappa shape index (κ2) is 8.13. The molecule has 1 saturated carbocycles. The molecule has 2 aromatic rings. The van der Waals surface area contributed by atoms with Gasteiger partial charge >= 0.3 is 6.61 Å². The van der Waals surface area contributed by atoms with E-state index < -0.39 is 6.61 Å². The number of ether oxygens (including phenoxy) is 2. The Morgan fingerprint density at radius 2 is 1.88 bits per heavy atom. The summed E-state index contributed by atoms with van der Waals surface area (Å²) in [7, 11) is 1.39. The second-order valence-corrected chi connectivity index (χ2v) is 6.18. The Morgan fingerprint density at radius 3 is 2.58 bits per heavy atom. The molecular weight excluding hydrogens is 338 g/mol. The lowest BCUT2D eigenvalue weighted by atomic mass is 9.79. The molecule has 3 nitrogen and oxygen atoms in total. The Hall–Kier alpha value is -2.69. The largest absolute Gasteiger partial charge is 0.493 e. The number of allylic oxidation sites excluding steroid dienone is 1. The van der Waals surface area contributed by atoms with Gasteiger partial charge in [-0.1, -0.05) is 36.4 Å². The zero-order valence-corrected chi connectivity index (χ0v) is 14.5. The van der Waals surface area contributed by atoms with E-state index in [0.717, 1.165) is 29.5 Å². The predicted molar refractivity (Wildman–Crippen MR) is 95.6 cm³/mol. The van der Waals surface area contributed by atoms with Gasteiger partial charge in [0.05, 0.1) is 7.11 Å². The van der Waals surface area contributed by atoms with E-state index >= 15 is 0 Å². The third-order valence-electron chi connectivity index (χ3n) is 4.52. The second-order valence-electron chi connectivity index (χ2n) is 6.18. The van der Waals surface area contributed by atoms with Gasteiger partial charge in [0.15, 0.2) is 17.3 Å². The minimum Gasteiger partial charge on any atom is -0.493 e. The number of benzene rings is 2. The van der Waals surface area contributed by atoms with E-state index in [1.54, 1.807) is 12.1 Å². The molecule has 0 unspecified atom stereocenters. The maximum atomic E-state index is 12.9. The number of Topliss-reactive ketones (excluding diaryl/α,β-unsaturated/α-hetero) is 1. The van der Waals surface area contributed by atoms with Crippen molar-refractivity contribution in [2.45, 2.75) is 31.8 Å². The Kier molecular flexibility index (Phi) is 5.66. The molecule has 1 atom stereocenters. The Bertz CT molecular complexity index is 800. The molecule has 0 bridgehead atoms. The van der Waals surface area contributed by atoms with E-state index in [0.29, 0.717) is 6.42 Å². The van der Waals surface area contributed by atoms with Gasteiger partial charge in [-0.05, 0) is 54.2 Å². The maximum Gasteiger partial charge on any atom is 0.387 e. The van der Waals surface area contributed by atoms with Gasteiger partial charge in [0.2, 0.25) is 0 Å². The zero-order chi connectivity index (χ0) is 18.5. The number of carbonyl (C=O) groups excluding carboxylic acids is 1. The monoisotopic (exact) mass is 358 g/mol. The summed E-state index contributed by atoms with van der Waals surface area (Å²) in [5.41, 5.74) is 2.50.